The van der Waals surface area contributed by atoms with Crippen molar-refractivity contribution in [1.29, 1.82) is 0 Å². The van der Waals surface area contributed by atoms with E-state index in [0.29, 0.717) is 0 Å². The van der Waals surface area contributed by atoms with Gasteiger partial charge in [0, 0.05) is 31.7 Å². The zero-order chi connectivity index (χ0) is 33.2. The number of nitrogens with zero attached hydrogens (tertiary/aromatic N) is 2. The van der Waals surface area contributed by atoms with Crippen molar-refractivity contribution < 1.29 is 28.9 Å². The molecule has 0 atom stereocenters. The van der Waals surface area contributed by atoms with Crippen LogP contribution in [0, 0.1) is 23.4 Å². The summed E-state index contributed by atoms with van der Waals surface area (Å²) in [5, 5.41) is 2.08. The van der Waals surface area contributed by atoms with E-state index in [1.807, 2.05) is 60.9 Å². The van der Waals surface area contributed by atoms with Crippen molar-refractivity contribution in [1.82, 2.24) is 9.97 Å². The molecule has 0 aliphatic carbocycles. The van der Waals surface area contributed by atoms with E-state index in [-0.39, 0.29) is 31.3 Å². The molecule has 3 aromatic heterocycles. The van der Waals surface area contributed by atoms with E-state index in [1.54, 1.807) is 12.1 Å². The maximum Gasteiger partial charge on any atom is 0 e. The Labute approximate surface area is 299 Å². The van der Waals surface area contributed by atoms with Crippen LogP contribution in [0.4, 0.5) is 4.39 Å². The number of rotatable bonds is 5. The summed E-state index contributed by atoms with van der Waals surface area (Å²) < 4.78 is 21.1. The van der Waals surface area contributed by atoms with Gasteiger partial charge in [0.15, 0.2) is 0 Å². The molecule has 0 bridgehead atoms. The molecule has 0 spiro atoms. The van der Waals surface area contributed by atoms with Gasteiger partial charge in [0.25, 0.3) is 0 Å². The SMILES string of the molecule is CC(C)(C)Cc1ccnc(-c2[c-]ccc3c2oc2cc(-c4ccc(F)cc4)ccc23)c1.[CH3][Ge]([CH3])([CH3])[c]1ccc(-c2[c-]cccc2)nc1.[Ir]. The minimum Gasteiger partial charge on any atom is 0 e. The van der Waals surface area contributed by atoms with E-state index in [9.17, 15) is 4.39 Å². The molecule has 6 heteroatoms. The summed E-state index contributed by atoms with van der Waals surface area (Å²) >= 11 is -1.72. The summed E-state index contributed by atoms with van der Waals surface area (Å²) in [7, 11) is 0. The summed E-state index contributed by atoms with van der Waals surface area (Å²) in [5.41, 5.74) is 8.78. The van der Waals surface area contributed by atoms with Gasteiger partial charge in [-0.15, -0.1) is 18.2 Å². The molecular formula is C42H39FGeIrN2O-2. The van der Waals surface area contributed by atoms with Crippen LogP contribution in [-0.4, -0.2) is 23.2 Å². The summed E-state index contributed by atoms with van der Waals surface area (Å²) in [5.74, 6) is 6.90. The van der Waals surface area contributed by atoms with E-state index in [2.05, 4.69) is 90.5 Å². The molecule has 3 nitrogen and oxygen atoms in total. The number of fused-ring (bicyclic) bond motifs is 3. The van der Waals surface area contributed by atoms with Crippen LogP contribution in [0.3, 0.4) is 0 Å². The van der Waals surface area contributed by atoms with E-state index in [4.69, 9.17) is 4.42 Å². The molecule has 245 valence electrons. The standard InChI is InChI=1S/C28H23FNO.C14H16GeN.Ir/c1-28(2,3)17-18-13-14-30-25(15-18)24-6-4-5-23-22-12-9-20(16-26(22)31-27(23)24)19-7-10-21(29)11-8-19;1-15(2,3)13-9-10-14(16-11-13)12-7-5-4-6-8-12;/h4-5,7-16H,17H2,1-3H3;4-7,9-11H,1-3H3;/q2*-1;. The minimum absolute atomic E-state index is 0. The fourth-order valence-corrected chi connectivity index (χ4v) is 7.81. The van der Waals surface area contributed by atoms with E-state index < -0.39 is 13.3 Å². The Bertz CT molecular complexity index is 2130. The average molecular weight is 872 g/mol. The minimum atomic E-state index is -1.72. The van der Waals surface area contributed by atoms with Crippen molar-refractivity contribution in [2.75, 3.05) is 0 Å². The average Bonchev–Trinajstić information content (AvgIpc) is 3.43. The Morgan fingerprint density at radius 1 is 0.750 bits per heavy atom. The van der Waals surface area contributed by atoms with Gasteiger partial charge < -0.3 is 9.40 Å². The number of hydrogen-bond donors (Lipinski definition) is 0. The van der Waals surface area contributed by atoms with Gasteiger partial charge in [-0.1, -0.05) is 67.6 Å². The second kappa shape index (κ2) is 14.7. The van der Waals surface area contributed by atoms with E-state index in [1.165, 1.54) is 22.1 Å². The largest absolute Gasteiger partial charge is 0 e. The van der Waals surface area contributed by atoms with Crippen molar-refractivity contribution >= 4 is 39.6 Å². The molecule has 0 aliphatic rings. The van der Waals surface area contributed by atoms with Gasteiger partial charge >= 0.3 is 99.8 Å². The third-order valence-electron chi connectivity index (χ3n) is 8.04. The summed E-state index contributed by atoms with van der Waals surface area (Å²) in [4.78, 5) is 9.14. The van der Waals surface area contributed by atoms with E-state index in [0.717, 1.165) is 62.0 Å². The van der Waals surface area contributed by atoms with Gasteiger partial charge in [0.1, 0.15) is 11.4 Å². The second-order valence-electron chi connectivity index (χ2n) is 14.2. The Morgan fingerprint density at radius 2 is 1.52 bits per heavy atom. The first-order valence-electron chi connectivity index (χ1n) is 16.0. The number of hydrogen-bond acceptors (Lipinski definition) is 3. The molecule has 0 saturated carbocycles. The van der Waals surface area contributed by atoms with Crippen LogP contribution in [0.25, 0.3) is 55.6 Å². The number of aromatic nitrogens is 2. The molecule has 0 unspecified atom stereocenters. The molecule has 1 radical (unpaired) electrons. The van der Waals surface area contributed by atoms with Crippen molar-refractivity contribution in [2.45, 2.75) is 44.5 Å². The van der Waals surface area contributed by atoms with Crippen LogP contribution in [0.2, 0.25) is 17.3 Å². The van der Waals surface area contributed by atoms with Crippen molar-refractivity contribution in [3.8, 4) is 33.6 Å². The predicted octanol–water partition coefficient (Wildman–Crippen LogP) is 10.9. The molecule has 3 heterocycles. The van der Waals surface area contributed by atoms with Gasteiger partial charge in [-0.2, -0.15) is 0 Å². The molecular weight excluding hydrogens is 832 g/mol. The molecule has 0 fully saturated rings. The predicted molar refractivity (Wildman–Crippen MR) is 196 cm³/mol. The van der Waals surface area contributed by atoms with Crippen molar-refractivity contribution in [2.24, 2.45) is 5.41 Å². The number of benzene rings is 4. The van der Waals surface area contributed by atoms with Crippen LogP contribution in [0.5, 0.6) is 0 Å². The molecule has 0 aliphatic heterocycles. The Kier molecular flexibility index (Phi) is 10.8. The maximum absolute atomic E-state index is 13.3. The summed E-state index contributed by atoms with van der Waals surface area (Å²) in [6.07, 6.45) is 4.87. The van der Waals surface area contributed by atoms with Crippen LogP contribution >= 0.6 is 0 Å². The number of halogens is 1. The van der Waals surface area contributed by atoms with Crippen molar-refractivity contribution in [3.63, 3.8) is 0 Å². The molecule has 48 heavy (non-hydrogen) atoms. The van der Waals surface area contributed by atoms with Gasteiger partial charge in [-0.3, -0.25) is 0 Å². The zero-order valence-electron chi connectivity index (χ0n) is 28.2. The van der Waals surface area contributed by atoms with Crippen LogP contribution in [0.1, 0.15) is 26.3 Å². The number of furan rings is 1. The van der Waals surface area contributed by atoms with Gasteiger partial charge in [0.05, 0.1) is 5.58 Å². The molecule has 4 aromatic carbocycles. The third kappa shape index (κ3) is 8.38. The van der Waals surface area contributed by atoms with E-state index >= 15 is 0 Å². The maximum atomic E-state index is 13.3. The Balaban J connectivity index is 0.000000224. The zero-order valence-corrected chi connectivity index (χ0v) is 32.7. The second-order valence-corrected chi connectivity index (χ2v) is 24.8. The fourth-order valence-electron chi connectivity index (χ4n) is 5.64. The quantitative estimate of drug-likeness (QED) is 0.128. The first kappa shape index (κ1) is 35.4. The smallest absolute Gasteiger partial charge is 0 e. The molecule has 0 saturated heterocycles. The normalized spacial score (nSPS) is 11.6. The summed E-state index contributed by atoms with van der Waals surface area (Å²) in [6.45, 7) is 6.70. The van der Waals surface area contributed by atoms with Gasteiger partial charge in [0.2, 0.25) is 0 Å². The van der Waals surface area contributed by atoms with Crippen LogP contribution in [-0.2, 0) is 26.5 Å². The molecule has 0 N–H and O–H groups in total. The third-order valence-corrected chi connectivity index (χ3v) is 12.3. The van der Waals surface area contributed by atoms with Crippen LogP contribution in [0.15, 0.2) is 120 Å². The topological polar surface area (TPSA) is 38.9 Å². The molecule has 7 rings (SSSR count). The fraction of sp³-hybridized carbons (Fsp3) is 0.190. The van der Waals surface area contributed by atoms with Gasteiger partial charge in [-0.25, -0.2) is 4.39 Å². The number of pyridine rings is 2. The summed E-state index contributed by atoms with van der Waals surface area (Å²) in [6, 6.07) is 39.6. The van der Waals surface area contributed by atoms with Gasteiger partial charge in [-0.05, 0) is 52.9 Å². The first-order valence-corrected chi connectivity index (χ1v) is 23.3. The van der Waals surface area contributed by atoms with Crippen LogP contribution < -0.4 is 4.40 Å². The first-order chi connectivity index (χ1) is 22.4. The monoisotopic (exact) mass is 873 g/mol. The molecule has 7 aromatic rings. The molecule has 0 amide bonds. The Morgan fingerprint density at radius 3 is 2.19 bits per heavy atom. The van der Waals surface area contributed by atoms with Crippen molar-refractivity contribution in [3.05, 3.63) is 139 Å². The Hall–Kier alpha value is -3.90.